The van der Waals surface area contributed by atoms with Crippen LogP contribution in [0.3, 0.4) is 0 Å². The van der Waals surface area contributed by atoms with Crippen molar-refractivity contribution < 1.29 is 49.9 Å². The Labute approximate surface area is 686 Å². The van der Waals surface area contributed by atoms with Gasteiger partial charge in [-0.3, -0.25) is 19.2 Å². The van der Waals surface area contributed by atoms with Crippen LogP contribution >= 0.6 is 0 Å². The Bertz CT molecular complexity index is 6430. The van der Waals surface area contributed by atoms with E-state index in [1.165, 1.54) is 23.3 Å². The van der Waals surface area contributed by atoms with Crippen molar-refractivity contribution in [3.63, 3.8) is 0 Å². The maximum atomic E-state index is 13.0. The Hall–Kier alpha value is -13.7. The molecule has 0 unspecified atom stereocenters. The predicted octanol–water partition coefficient (Wildman–Crippen LogP) is 9.75. The molecule has 4 fully saturated rings. The number of hydrogen-bond acceptors (Lipinski definition) is 22. The van der Waals surface area contributed by atoms with Crippen LogP contribution in [0, 0.1) is 6.92 Å². The van der Waals surface area contributed by atoms with Gasteiger partial charge < -0.3 is 38.9 Å². The topological polar surface area (TPSA) is 387 Å². The fourth-order valence-corrected chi connectivity index (χ4v) is 15.4. The Morgan fingerprint density at radius 1 is 0.426 bits per heavy atom. The summed E-state index contributed by atoms with van der Waals surface area (Å²) >= 11 is 0. The normalized spacial score (nSPS) is 15.3. The molecule has 0 spiro atoms. The van der Waals surface area contributed by atoms with E-state index < -0.39 is 18.2 Å². The second-order valence-corrected chi connectivity index (χ2v) is 29.5. The third-order valence-electron chi connectivity index (χ3n) is 21.5. The van der Waals surface area contributed by atoms with Crippen molar-refractivity contribution in [3.05, 3.63) is 270 Å². The Morgan fingerprint density at radius 2 is 0.795 bits per heavy atom. The maximum absolute atomic E-state index is 13.0. The molecule has 34 nitrogen and oxygen atoms in total. The molecule has 16 heterocycles. The fourth-order valence-electron chi connectivity index (χ4n) is 15.4. The smallest absolute Gasteiger partial charge is 0.381 e. The number of nitrogens with zero attached hydrogens (tertiary/aromatic N) is 22. The quantitative estimate of drug-likeness (QED) is 0.0516. The standard InChI is InChI=1S/C21H19F3N6O2.C21H20N6O2.C20H18F3N7O2.C20H21N7O2/c22-21(23,24)17-5-8-29(28-17)16-4-2-1-3-13(16)11-18-26-19-15(20(31)27-18)12-25-30(19)14-6-9-32-10-7-14;28-21-17-13-23-27(15-7-10-29-11-8-15)20(17)24-19(25-21)12-14-4-1-2-5-16(14)18-6-3-9-22-26-18;21-20(22,23)28-11-25-29(12-28)16-4-2-1-3-13(16)9-17-26-18-15(19(31)27-17)10-24-30(18)14-5-7-32-8-6-14;1-13-21-12-26(25-13)17-5-3-2-4-14(17)10-18-23-19-16(20(28)24-18)11-22-27(19)15-6-8-29-9-7-15/h1-5,8,12,14H,6-7,9-11H2,(H,26,27,31);1-6,9,13,15H,7-8,10-12H2,(H,24,25,28);1-4,10-12,14H,5-9H2;2-5,11-12,15H,6-10H2,1H3,(H,23,24,28)/p+1. The minimum Gasteiger partial charge on any atom is -0.381 e. The molecule has 40 heteroatoms. The van der Waals surface area contributed by atoms with Crippen LogP contribution in [0.15, 0.2) is 191 Å². The molecule has 4 aromatic carbocycles. The number of benzene rings is 4. The number of halogens is 6. The van der Waals surface area contributed by atoms with Gasteiger partial charge in [0.1, 0.15) is 62.7 Å². The lowest BCUT2D eigenvalue weighted by Gasteiger charge is -2.22. The van der Waals surface area contributed by atoms with Crippen molar-refractivity contribution in [3.8, 4) is 28.3 Å². The largest absolute Gasteiger partial charge is 0.543 e. The average Bonchev–Trinajstić information content (AvgIpc) is 1.63. The highest BCUT2D eigenvalue weighted by Gasteiger charge is 2.38. The van der Waals surface area contributed by atoms with Crippen molar-refractivity contribution >= 4 is 44.1 Å². The van der Waals surface area contributed by atoms with Gasteiger partial charge in [-0.2, -0.15) is 54.0 Å². The van der Waals surface area contributed by atoms with E-state index in [-0.39, 0.29) is 63.8 Å². The van der Waals surface area contributed by atoms with E-state index in [4.69, 9.17) is 28.9 Å². The molecule has 4 saturated heterocycles. The first-order valence-corrected chi connectivity index (χ1v) is 39.6. The van der Waals surface area contributed by atoms with Crippen LogP contribution in [-0.4, -0.2) is 176 Å². The summed E-state index contributed by atoms with van der Waals surface area (Å²) in [6.45, 7) is 7.15. The van der Waals surface area contributed by atoms with Crippen LogP contribution in [-0.2, 0) is 57.1 Å². The number of aromatic amines is 4. The Kier molecular flexibility index (Phi) is 23.3. The second kappa shape index (κ2) is 35.3. The number of ether oxygens (including phenoxy) is 4. The first kappa shape index (κ1) is 80.7. The van der Waals surface area contributed by atoms with Gasteiger partial charge in [0, 0.05) is 107 Å². The van der Waals surface area contributed by atoms with Crippen LogP contribution in [0.2, 0.25) is 0 Å². The van der Waals surface area contributed by atoms with E-state index in [1.807, 2.05) is 77.0 Å². The van der Waals surface area contributed by atoms with Gasteiger partial charge in [-0.25, -0.2) is 53.0 Å². The van der Waals surface area contributed by atoms with Gasteiger partial charge in [-0.05, 0) is 111 Å². The Balaban J connectivity index is 0.000000116. The lowest BCUT2D eigenvalue weighted by molar-refractivity contribution is -0.855. The molecule has 0 bridgehead atoms. The van der Waals surface area contributed by atoms with Crippen LogP contribution in [0.5, 0.6) is 0 Å². The summed E-state index contributed by atoms with van der Waals surface area (Å²) in [5.74, 6) is 2.69. The number of nitrogens with one attached hydrogen (secondary N) is 4. The molecule has 16 aromatic rings. The van der Waals surface area contributed by atoms with Crippen molar-refractivity contribution in [2.75, 3.05) is 52.9 Å². The van der Waals surface area contributed by atoms with E-state index in [2.05, 4.69) is 80.8 Å². The Morgan fingerprint density at radius 3 is 1.15 bits per heavy atom. The van der Waals surface area contributed by atoms with Crippen molar-refractivity contribution in [2.45, 2.75) is 121 Å². The molecule has 4 N–H and O–H groups in total. The lowest BCUT2D eigenvalue weighted by atomic mass is 10.0. The molecule has 626 valence electrons. The molecule has 4 aliphatic rings. The predicted molar refractivity (Wildman–Crippen MR) is 427 cm³/mol. The van der Waals surface area contributed by atoms with Crippen LogP contribution in [0.1, 0.15) is 133 Å². The number of alkyl halides is 6. The summed E-state index contributed by atoms with van der Waals surface area (Å²) < 4.78 is 111. The highest BCUT2D eigenvalue weighted by atomic mass is 19.4. The van der Waals surface area contributed by atoms with Crippen LogP contribution < -0.4 is 26.8 Å². The van der Waals surface area contributed by atoms with Gasteiger partial charge in [0.25, 0.3) is 28.6 Å². The summed E-state index contributed by atoms with van der Waals surface area (Å²) in [5, 5.41) is 39.6. The van der Waals surface area contributed by atoms with Gasteiger partial charge >= 0.3 is 12.5 Å². The number of aryl methyl sites for hydroxylation is 1. The van der Waals surface area contributed by atoms with Gasteiger partial charge in [0.15, 0.2) is 28.3 Å². The summed E-state index contributed by atoms with van der Waals surface area (Å²) in [7, 11) is 0. The number of rotatable bonds is 16. The van der Waals surface area contributed by atoms with Crippen molar-refractivity contribution in [1.82, 2.24) is 124 Å². The fraction of sp³-hybridized carbons (Fsp3) is 0.329. The molecule has 4 aliphatic heterocycles. The number of aromatic nitrogens is 26. The van der Waals surface area contributed by atoms with E-state index in [1.54, 1.807) is 87.5 Å². The van der Waals surface area contributed by atoms with Crippen molar-refractivity contribution in [1.29, 1.82) is 0 Å². The van der Waals surface area contributed by atoms with Gasteiger partial charge in [0.2, 0.25) is 6.33 Å². The molecular formula is C82H79F6N26O8+. The van der Waals surface area contributed by atoms with Gasteiger partial charge in [0.05, 0.1) is 66.0 Å². The highest BCUT2D eigenvalue weighted by Crippen LogP contribution is 2.33. The maximum Gasteiger partial charge on any atom is 0.543 e. The minimum absolute atomic E-state index is 0.0718. The van der Waals surface area contributed by atoms with Gasteiger partial charge in [-0.15, -0.1) is 17.7 Å². The number of para-hydroxylation sites is 3. The molecule has 122 heavy (non-hydrogen) atoms. The molecule has 0 radical (unpaired) electrons. The van der Waals surface area contributed by atoms with E-state index in [0.717, 1.165) is 96.5 Å². The molecular weight excluding hydrogens is 1590 g/mol. The first-order valence-electron chi connectivity index (χ1n) is 39.6. The summed E-state index contributed by atoms with van der Waals surface area (Å²) in [5.41, 5.74) is 7.27. The molecule has 0 amide bonds. The second-order valence-electron chi connectivity index (χ2n) is 29.5. The number of hydrogen-bond donors (Lipinski definition) is 4. The molecule has 0 atom stereocenters. The summed E-state index contributed by atoms with van der Waals surface area (Å²) in [6.07, 6.45) is 11.3. The van der Waals surface area contributed by atoms with E-state index in [0.29, 0.717) is 168 Å². The molecule has 20 rings (SSSR count). The number of H-pyrrole nitrogens is 4. The average molecular weight is 1670 g/mol. The van der Waals surface area contributed by atoms with Crippen molar-refractivity contribution in [2.24, 2.45) is 0 Å². The van der Waals surface area contributed by atoms with E-state index in [9.17, 15) is 45.5 Å². The van der Waals surface area contributed by atoms with Crippen LogP contribution in [0.25, 0.3) is 72.5 Å². The third kappa shape index (κ3) is 17.8. The molecule has 0 saturated carbocycles. The zero-order valence-electron chi connectivity index (χ0n) is 65.5. The lowest BCUT2D eigenvalue weighted by Crippen LogP contribution is -2.45. The summed E-state index contributed by atoms with van der Waals surface area (Å²) in [4.78, 5) is 84.9. The SMILES string of the molecule is Cc1ncn(-c2ccccc2Cc2nc3c(cnn3C3CCOCC3)c(=O)[nH]2)n1.O=c1[nH]c(Cc2ccccc2-c2cccnn2)nc2c1cnn2C1CCOCC1.O=c1[nH]c(Cc2ccccc2-n2c[n+](C(F)(F)F)cn2)nc2c1cnn2C1CCOCC1.O=c1[nH]c(Cc2ccccc2-n2ccc(C(F)(F)F)n2)nc2c1cnn2C1CCOCC1. The minimum atomic E-state index is -4.56. The molecule has 12 aromatic heterocycles. The van der Waals surface area contributed by atoms with Crippen LogP contribution in [0.4, 0.5) is 26.3 Å². The summed E-state index contributed by atoms with van der Waals surface area (Å²) in [6, 6.07) is 35.0. The third-order valence-corrected chi connectivity index (χ3v) is 21.5. The zero-order valence-corrected chi connectivity index (χ0v) is 65.5. The number of fused-ring (bicyclic) bond motifs is 4. The molecule has 0 aliphatic carbocycles. The van der Waals surface area contributed by atoms with E-state index >= 15 is 0 Å². The zero-order chi connectivity index (χ0) is 84.0. The van der Waals surface area contributed by atoms with Gasteiger partial charge in [-0.1, -0.05) is 83.5 Å². The first-order chi connectivity index (χ1) is 59.3. The highest BCUT2D eigenvalue weighted by molar-refractivity contribution is 5.76. The monoisotopic (exact) mass is 1670 g/mol.